The monoisotopic (exact) mass is 331 g/mol. The van der Waals surface area contributed by atoms with Gasteiger partial charge in [0.05, 0.1) is 17.3 Å². The van der Waals surface area contributed by atoms with E-state index in [4.69, 9.17) is 5.26 Å². The van der Waals surface area contributed by atoms with Gasteiger partial charge in [0.25, 0.3) is 5.56 Å². The lowest BCUT2D eigenvalue weighted by atomic mass is 10.2. The molecule has 1 heterocycles. The number of benzene rings is 1. The maximum atomic E-state index is 11.7. The zero-order valence-electron chi connectivity index (χ0n) is 12.5. The molecule has 6 heteroatoms. The van der Waals surface area contributed by atoms with Gasteiger partial charge in [-0.3, -0.25) is 4.79 Å². The minimum absolute atomic E-state index is 0.114. The molecule has 0 saturated carbocycles. The van der Waals surface area contributed by atoms with Crippen LogP contribution in [0.15, 0.2) is 40.3 Å². The summed E-state index contributed by atoms with van der Waals surface area (Å²) in [6.45, 7) is 4.25. The van der Waals surface area contributed by atoms with Crippen molar-refractivity contribution < 1.29 is 0 Å². The number of hydrogen-bond donors (Lipinski definition) is 1. The molecule has 0 radical (unpaired) electrons. The summed E-state index contributed by atoms with van der Waals surface area (Å²) in [5.41, 5.74) is 2.43. The van der Waals surface area contributed by atoms with Crippen LogP contribution in [0.5, 0.6) is 0 Å². The molecule has 0 saturated heterocycles. The number of nitrogens with one attached hydrogen (secondary N) is 1. The van der Waals surface area contributed by atoms with Crippen LogP contribution in [-0.4, -0.2) is 15.2 Å². The normalized spacial score (nSPS) is 10.6. The maximum Gasteiger partial charge on any atom is 0.251 e. The number of nitrogens with zero attached hydrogens (tertiary/aromatic N) is 2. The Balaban J connectivity index is 2.02. The van der Waals surface area contributed by atoms with Crippen LogP contribution in [0.25, 0.3) is 0 Å². The summed E-state index contributed by atoms with van der Waals surface area (Å²) in [4.78, 5) is 18.9. The first kappa shape index (κ1) is 16.7. The van der Waals surface area contributed by atoms with E-state index in [1.54, 1.807) is 30.0 Å². The van der Waals surface area contributed by atoms with Gasteiger partial charge < -0.3 is 4.98 Å². The van der Waals surface area contributed by atoms with E-state index in [9.17, 15) is 4.79 Å². The first-order valence-electron chi connectivity index (χ1n) is 6.90. The summed E-state index contributed by atoms with van der Waals surface area (Å²) in [5, 5.41) is 9.93. The fourth-order valence-corrected chi connectivity index (χ4v) is 3.21. The first-order chi connectivity index (χ1) is 10.6. The summed E-state index contributed by atoms with van der Waals surface area (Å²) in [5.74, 6) is 1.45. The van der Waals surface area contributed by atoms with Crippen LogP contribution >= 0.6 is 23.5 Å². The summed E-state index contributed by atoms with van der Waals surface area (Å²) in [6.07, 6.45) is 0. The summed E-state index contributed by atoms with van der Waals surface area (Å²) >= 11 is 3.26. The SMILES string of the molecule is CC(C)SCc1cc(=O)[nH]c(SCc2ccc(C#N)cc2)n1. The molecular weight excluding hydrogens is 314 g/mol. The fraction of sp³-hybridized carbons (Fsp3) is 0.312. The van der Waals surface area contributed by atoms with E-state index >= 15 is 0 Å². The Bertz CT molecular complexity index is 717. The average molecular weight is 331 g/mol. The Hall–Kier alpha value is -1.71. The standard InChI is InChI=1S/C16H17N3OS2/c1-11(2)21-10-14-7-15(20)19-16(18-14)22-9-13-5-3-12(8-17)4-6-13/h3-7,11H,9-10H2,1-2H3,(H,18,19,20). The van der Waals surface area contributed by atoms with Gasteiger partial charge >= 0.3 is 0 Å². The van der Waals surface area contributed by atoms with Crippen LogP contribution in [0, 0.1) is 11.3 Å². The Kier molecular flexibility index (Phi) is 6.10. The van der Waals surface area contributed by atoms with Gasteiger partial charge in [0.15, 0.2) is 5.16 Å². The molecule has 2 rings (SSSR count). The lowest BCUT2D eigenvalue weighted by Crippen LogP contribution is -2.10. The largest absolute Gasteiger partial charge is 0.301 e. The highest BCUT2D eigenvalue weighted by atomic mass is 32.2. The number of rotatable bonds is 6. The van der Waals surface area contributed by atoms with Crippen LogP contribution < -0.4 is 5.56 Å². The molecule has 1 aromatic heterocycles. The van der Waals surface area contributed by atoms with E-state index in [1.165, 1.54) is 11.8 Å². The lowest BCUT2D eigenvalue weighted by Gasteiger charge is -2.06. The third-order valence-corrected chi connectivity index (χ3v) is 4.87. The Morgan fingerprint density at radius 1 is 1.27 bits per heavy atom. The maximum absolute atomic E-state index is 11.7. The van der Waals surface area contributed by atoms with Gasteiger partial charge in [-0.2, -0.15) is 17.0 Å². The van der Waals surface area contributed by atoms with Crippen LogP contribution in [0.1, 0.15) is 30.7 Å². The van der Waals surface area contributed by atoms with Crippen LogP contribution in [0.3, 0.4) is 0 Å². The van der Waals surface area contributed by atoms with E-state index in [-0.39, 0.29) is 5.56 Å². The molecule has 22 heavy (non-hydrogen) atoms. The first-order valence-corrected chi connectivity index (χ1v) is 8.94. The number of aromatic amines is 1. The van der Waals surface area contributed by atoms with Crippen molar-refractivity contribution in [2.75, 3.05) is 0 Å². The molecule has 0 unspecified atom stereocenters. The van der Waals surface area contributed by atoms with Crippen molar-refractivity contribution in [3.05, 3.63) is 57.5 Å². The van der Waals surface area contributed by atoms with Crippen molar-refractivity contribution in [1.29, 1.82) is 5.26 Å². The topological polar surface area (TPSA) is 69.5 Å². The van der Waals surface area contributed by atoms with E-state index in [2.05, 4.69) is 29.9 Å². The van der Waals surface area contributed by atoms with Gasteiger partial charge in [-0.05, 0) is 22.9 Å². The van der Waals surface area contributed by atoms with Gasteiger partial charge in [0, 0.05) is 17.6 Å². The minimum atomic E-state index is -0.114. The number of aromatic nitrogens is 2. The lowest BCUT2D eigenvalue weighted by molar-refractivity contribution is 0.898. The summed E-state index contributed by atoms with van der Waals surface area (Å²) < 4.78 is 0. The third-order valence-electron chi connectivity index (χ3n) is 2.80. The van der Waals surface area contributed by atoms with Gasteiger partial charge in [0.2, 0.25) is 0 Å². The highest BCUT2D eigenvalue weighted by molar-refractivity contribution is 7.99. The number of nitriles is 1. The van der Waals surface area contributed by atoms with Crippen molar-refractivity contribution in [3.63, 3.8) is 0 Å². The molecule has 1 N–H and O–H groups in total. The third kappa shape index (κ3) is 5.24. The second-order valence-corrected chi connectivity index (χ2v) is 7.53. The molecule has 0 aliphatic rings. The van der Waals surface area contributed by atoms with Gasteiger partial charge in [-0.1, -0.05) is 37.7 Å². The zero-order chi connectivity index (χ0) is 15.9. The molecule has 0 bridgehead atoms. The molecule has 0 spiro atoms. The second kappa shape index (κ2) is 8.06. The van der Waals surface area contributed by atoms with Gasteiger partial charge in [0.1, 0.15) is 0 Å². The molecule has 0 atom stereocenters. The molecule has 0 aliphatic heterocycles. The van der Waals surface area contributed by atoms with E-state index in [0.717, 1.165) is 17.0 Å². The summed E-state index contributed by atoms with van der Waals surface area (Å²) in [7, 11) is 0. The van der Waals surface area contributed by atoms with Crippen molar-refractivity contribution in [3.8, 4) is 6.07 Å². The highest BCUT2D eigenvalue weighted by Crippen LogP contribution is 2.20. The van der Waals surface area contributed by atoms with E-state index < -0.39 is 0 Å². The van der Waals surface area contributed by atoms with Crippen molar-refractivity contribution in [1.82, 2.24) is 9.97 Å². The van der Waals surface area contributed by atoms with Crippen LogP contribution in [0.4, 0.5) is 0 Å². The van der Waals surface area contributed by atoms with E-state index in [0.29, 0.717) is 21.7 Å². The van der Waals surface area contributed by atoms with Crippen molar-refractivity contribution in [2.24, 2.45) is 0 Å². The second-order valence-electron chi connectivity index (χ2n) is 5.00. The molecule has 114 valence electrons. The van der Waals surface area contributed by atoms with Gasteiger partial charge in [-0.25, -0.2) is 4.98 Å². The van der Waals surface area contributed by atoms with E-state index in [1.807, 2.05) is 12.1 Å². The molecule has 0 amide bonds. The van der Waals surface area contributed by atoms with Gasteiger partial charge in [-0.15, -0.1) is 0 Å². The molecule has 4 nitrogen and oxygen atoms in total. The van der Waals surface area contributed by atoms with Crippen molar-refractivity contribution >= 4 is 23.5 Å². The smallest absolute Gasteiger partial charge is 0.251 e. The highest BCUT2D eigenvalue weighted by Gasteiger charge is 2.05. The predicted octanol–water partition coefficient (Wildman–Crippen LogP) is 3.58. The average Bonchev–Trinajstić information content (AvgIpc) is 2.51. The molecule has 1 aromatic carbocycles. The Morgan fingerprint density at radius 3 is 2.64 bits per heavy atom. The van der Waals surface area contributed by atoms with Crippen molar-refractivity contribution in [2.45, 2.75) is 35.8 Å². The Morgan fingerprint density at radius 2 is 2.00 bits per heavy atom. The minimum Gasteiger partial charge on any atom is -0.301 e. The molecule has 2 aromatic rings. The zero-order valence-corrected chi connectivity index (χ0v) is 14.1. The molecule has 0 fully saturated rings. The predicted molar refractivity (Wildman–Crippen MR) is 92.0 cm³/mol. The Labute approximate surface area is 138 Å². The van der Waals surface area contributed by atoms with Crippen LogP contribution in [-0.2, 0) is 11.5 Å². The number of H-pyrrole nitrogens is 1. The number of hydrogen-bond acceptors (Lipinski definition) is 5. The molecule has 0 aliphatic carbocycles. The summed E-state index contributed by atoms with van der Waals surface area (Å²) in [6, 6.07) is 11.1. The molecular formula is C16H17N3OS2. The quantitative estimate of drug-likeness (QED) is 0.647. The fourth-order valence-electron chi connectivity index (χ4n) is 1.71. The number of thioether (sulfide) groups is 2. The van der Waals surface area contributed by atoms with Crippen LogP contribution in [0.2, 0.25) is 0 Å².